The molecule has 1 aromatic carbocycles. The third kappa shape index (κ3) is 4.87. The number of amides is 1. The molecule has 3 nitrogen and oxygen atoms in total. The maximum absolute atomic E-state index is 12.1. The molecule has 3 heteroatoms. The van der Waals surface area contributed by atoms with Gasteiger partial charge in [-0.25, -0.2) is 0 Å². The molecule has 0 aliphatic heterocycles. The molecule has 0 aliphatic rings. The third-order valence-corrected chi connectivity index (χ3v) is 3.32. The summed E-state index contributed by atoms with van der Waals surface area (Å²) in [5.41, 5.74) is 1.13. The van der Waals surface area contributed by atoms with Gasteiger partial charge in [-0.2, -0.15) is 0 Å². The Morgan fingerprint density at radius 3 is 2.45 bits per heavy atom. The summed E-state index contributed by atoms with van der Waals surface area (Å²) in [4.78, 5) is 12.1. The molecule has 112 valence electrons. The molecule has 0 fully saturated rings. The van der Waals surface area contributed by atoms with Gasteiger partial charge in [-0.15, -0.1) is 0 Å². The average molecular weight is 277 g/mol. The van der Waals surface area contributed by atoms with Gasteiger partial charge in [0.2, 0.25) is 0 Å². The third-order valence-electron chi connectivity index (χ3n) is 3.32. The van der Waals surface area contributed by atoms with Gasteiger partial charge in [-0.3, -0.25) is 4.79 Å². The fourth-order valence-electron chi connectivity index (χ4n) is 2.17. The first-order valence-electron chi connectivity index (χ1n) is 7.51. The number of nitrogens with one attached hydrogen (secondary N) is 1. The lowest BCUT2D eigenvalue weighted by molar-refractivity contribution is -0.127. The molecule has 0 bridgehead atoms. The van der Waals surface area contributed by atoms with E-state index in [0.717, 1.165) is 24.2 Å². The van der Waals surface area contributed by atoms with E-state index in [9.17, 15) is 4.79 Å². The molecule has 0 unspecified atom stereocenters. The Bertz CT molecular complexity index is 429. The van der Waals surface area contributed by atoms with Crippen LogP contribution in [-0.4, -0.2) is 18.1 Å². The number of carbonyl (C=O) groups is 1. The van der Waals surface area contributed by atoms with Crippen molar-refractivity contribution in [2.75, 3.05) is 0 Å². The van der Waals surface area contributed by atoms with Crippen molar-refractivity contribution in [1.29, 1.82) is 0 Å². The average Bonchev–Trinajstić information content (AvgIpc) is 2.39. The zero-order valence-electron chi connectivity index (χ0n) is 13.3. The molecular formula is C17H27NO2. The van der Waals surface area contributed by atoms with Gasteiger partial charge in [0.15, 0.2) is 6.10 Å². The zero-order valence-corrected chi connectivity index (χ0v) is 13.3. The second-order valence-corrected chi connectivity index (χ2v) is 5.65. The highest BCUT2D eigenvalue weighted by Crippen LogP contribution is 2.26. The maximum atomic E-state index is 12.1. The van der Waals surface area contributed by atoms with Crippen molar-refractivity contribution in [3.8, 4) is 5.75 Å². The summed E-state index contributed by atoms with van der Waals surface area (Å²) in [5.74, 6) is 1.12. The van der Waals surface area contributed by atoms with Crippen LogP contribution in [0.2, 0.25) is 0 Å². The molecule has 1 aromatic rings. The molecule has 1 rings (SSSR count). The summed E-state index contributed by atoms with van der Waals surface area (Å²) in [6.45, 7) is 10.2. The van der Waals surface area contributed by atoms with Crippen molar-refractivity contribution >= 4 is 5.91 Å². The van der Waals surface area contributed by atoms with E-state index in [2.05, 4.69) is 26.1 Å². The molecule has 0 saturated heterocycles. The van der Waals surface area contributed by atoms with Crippen LogP contribution >= 0.6 is 0 Å². The summed E-state index contributed by atoms with van der Waals surface area (Å²) in [5, 5.41) is 2.99. The van der Waals surface area contributed by atoms with Crippen LogP contribution in [0.3, 0.4) is 0 Å². The van der Waals surface area contributed by atoms with Crippen LogP contribution in [0.1, 0.15) is 58.9 Å². The minimum atomic E-state index is -0.478. The van der Waals surface area contributed by atoms with Gasteiger partial charge < -0.3 is 10.1 Å². The first-order chi connectivity index (χ1) is 9.45. The van der Waals surface area contributed by atoms with E-state index < -0.39 is 6.10 Å². The van der Waals surface area contributed by atoms with E-state index in [4.69, 9.17) is 4.74 Å². The predicted octanol–water partition coefficient (Wildman–Crippen LogP) is 3.88. The molecule has 2 atom stereocenters. The molecule has 0 heterocycles. The Morgan fingerprint density at radius 1 is 1.20 bits per heavy atom. The summed E-state index contributed by atoms with van der Waals surface area (Å²) < 4.78 is 5.84. The molecule has 1 amide bonds. The zero-order chi connectivity index (χ0) is 15.1. The Labute approximate surface area is 122 Å². The fraction of sp³-hybridized carbons (Fsp3) is 0.588. The number of hydrogen-bond acceptors (Lipinski definition) is 2. The van der Waals surface area contributed by atoms with Gasteiger partial charge in [0.1, 0.15) is 5.75 Å². The summed E-state index contributed by atoms with van der Waals surface area (Å²) >= 11 is 0. The lowest BCUT2D eigenvalue weighted by Gasteiger charge is -2.20. The fourth-order valence-corrected chi connectivity index (χ4v) is 2.17. The van der Waals surface area contributed by atoms with Crippen LogP contribution in [0.25, 0.3) is 0 Å². The second kappa shape index (κ2) is 7.93. The highest BCUT2D eigenvalue weighted by Gasteiger charge is 2.18. The SMILES string of the molecule is CCC[C@@H](C)NC(=O)[C@@H](C)Oc1ccccc1C(C)C. The lowest BCUT2D eigenvalue weighted by Crippen LogP contribution is -2.41. The van der Waals surface area contributed by atoms with Crippen LogP contribution < -0.4 is 10.1 Å². The van der Waals surface area contributed by atoms with E-state index in [1.165, 1.54) is 0 Å². The number of benzene rings is 1. The van der Waals surface area contributed by atoms with Crippen molar-refractivity contribution < 1.29 is 9.53 Å². The summed E-state index contributed by atoms with van der Waals surface area (Å²) in [7, 11) is 0. The minimum Gasteiger partial charge on any atom is -0.481 e. The number of hydrogen-bond donors (Lipinski definition) is 1. The largest absolute Gasteiger partial charge is 0.481 e. The van der Waals surface area contributed by atoms with Crippen LogP contribution in [0.15, 0.2) is 24.3 Å². The van der Waals surface area contributed by atoms with E-state index in [0.29, 0.717) is 5.92 Å². The van der Waals surface area contributed by atoms with Gasteiger partial charge >= 0.3 is 0 Å². The lowest BCUT2D eigenvalue weighted by atomic mass is 10.0. The van der Waals surface area contributed by atoms with Gasteiger partial charge in [0.25, 0.3) is 5.91 Å². The predicted molar refractivity (Wildman–Crippen MR) is 83.1 cm³/mol. The van der Waals surface area contributed by atoms with Gasteiger partial charge in [0.05, 0.1) is 0 Å². The molecule has 0 spiro atoms. The normalized spacial score (nSPS) is 13.9. The minimum absolute atomic E-state index is 0.0514. The van der Waals surface area contributed by atoms with Crippen LogP contribution in [0, 0.1) is 0 Å². The van der Waals surface area contributed by atoms with Crippen molar-refractivity contribution in [2.24, 2.45) is 0 Å². The topological polar surface area (TPSA) is 38.3 Å². The number of carbonyl (C=O) groups excluding carboxylic acids is 1. The van der Waals surface area contributed by atoms with E-state index in [-0.39, 0.29) is 11.9 Å². The van der Waals surface area contributed by atoms with Crippen molar-refractivity contribution in [2.45, 2.75) is 65.5 Å². The van der Waals surface area contributed by atoms with Crippen molar-refractivity contribution in [3.05, 3.63) is 29.8 Å². The van der Waals surface area contributed by atoms with Crippen LogP contribution in [-0.2, 0) is 4.79 Å². The molecule has 1 N–H and O–H groups in total. The van der Waals surface area contributed by atoms with Crippen LogP contribution in [0.4, 0.5) is 0 Å². The van der Waals surface area contributed by atoms with Gasteiger partial charge in [-0.1, -0.05) is 45.4 Å². The molecule has 20 heavy (non-hydrogen) atoms. The van der Waals surface area contributed by atoms with Crippen molar-refractivity contribution in [3.63, 3.8) is 0 Å². The molecular weight excluding hydrogens is 250 g/mol. The highest BCUT2D eigenvalue weighted by molar-refractivity contribution is 5.81. The van der Waals surface area contributed by atoms with E-state index in [1.54, 1.807) is 6.92 Å². The summed E-state index contributed by atoms with van der Waals surface area (Å²) in [6.07, 6.45) is 1.57. The number of ether oxygens (including phenoxy) is 1. The Hall–Kier alpha value is -1.51. The standard InChI is InChI=1S/C17H27NO2/c1-6-9-13(4)18-17(19)14(5)20-16-11-8-7-10-15(16)12(2)3/h7-8,10-14H,6,9H2,1-5H3,(H,18,19)/t13-,14-/m1/s1. The second-order valence-electron chi connectivity index (χ2n) is 5.65. The first-order valence-corrected chi connectivity index (χ1v) is 7.51. The molecule has 0 aromatic heterocycles. The molecule has 0 saturated carbocycles. The Balaban J connectivity index is 2.66. The van der Waals surface area contributed by atoms with Crippen molar-refractivity contribution in [1.82, 2.24) is 5.32 Å². The number of rotatable bonds is 7. The van der Waals surface area contributed by atoms with E-state index in [1.807, 2.05) is 31.2 Å². The smallest absolute Gasteiger partial charge is 0.260 e. The Morgan fingerprint density at radius 2 is 1.85 bits per heavy atom. The molecule has 0 aliphatic carbocycles. The highest BCUT2D eigenvalue weighted by atomic mass is 16.5. The van der Waals surface area contributed by atoms with Crippen LogP contribution in [0.5, 0.6) is 5.75 Å². The molecule has 0 radical (unpaired) electrons. The monoisotopic (exact) mass is 277 g/mol. The van der Waals surface area contributed by atoms with Gasteiger partial charge in [-0.05, 0) is 37.8 Å². The first kappa shape index (κ1) is 16.5. The summed E-state index contributed by atoms with van der Waals surface area (Å²) in [6, 6.07) is 8.10. The Kier molecular flexibility index (Phi) is 6.56. The van der Waals surface area contributed by atoms with Gasteiger partial charge in [0, 0.05) is 6.04 Å². The number of para-hydroxylation sites is 1. The van der Waals surface area contributed by atoms with E-state index >= 15 is 0 Å². The maximum Gasteiger partial charge on any atom is 0.260 e. The quantitative estimate of drug-likeness (QED) is 0.821.